The third-order valence-corrected chi connectivity index (χ3v) is 2.72. The molecule has 6 heteroatoms. The number of halogens is 1. The minimum absolute atomic E-state index is 0.0809. The number of phenolic OH excluding ortho intramolecular Hbond substituents is 1. The summed E-state index contributed by atoms with van der Waals surface area (Å²) in [6.07, 6.45) is -0.217. The number of carboxylic acids is 1. The molecule has 1 amide bonds. The molecule has 0 aliphatic carbocycles. The molecule has 0 bridgehead atoms. The van der Waals surface area contributed by atoms with Crippen molar-refractivity contribution in [3.8, 4) is 5.75 Å². The summed E-state index contributed by atoms with van der Waals surface area (Å²) in [6, 6.07) is 2.47. The molecule has 0 saturated heterocycles. The molecule has 0 radical (unpaired) electrons. The molecule has 19 heavy (non-hydrogen) atoms. The molecule has 1 aromatic carbocycles. The Labute approximate surface area is 110 Å². The number of amides is 1. The molecule has 0 spiro atoms. The molecule has 1 rings (SSSR count). The number of carbonyl (C=O) groups excluding carboxylic acids is 1. The number of aliphatic carboxylic acids is 1. The zero-order valence-electron chi connectivity index (χ0n) is 10.7. The van der Waals surface area contributed by atoms with E-state index in [-0.39, 0.29) is 17.9 Å². The van der Waals surface area contributed by atoms with Gasteiger partial charge in [-0.05, 0) is 18.1 Å². The monoisotopic (exact) mass is 269 g/mol. The topological polar surface area (TPSA) is 86.6 Å². The summed E-state index contributed by atoms with van der Waals surface area (Å²) in [5.74, 6) is -2.86. The van der Waals surface area contributed by atoms with Crippen molar-refractivity contribution in [1.82, 2.24) is 5.32 Å². The van der Waals surface area contributed by atoms with Crippen LogP contribution in [0, 0.1) is 11.7 Å². The number of rotatable bonds is 5. The van der Waals surface area contributed by atoms with Gasteiger partial charge in [-0.3, -0.25) is 9.59 Å². The molecule has 3 N–H and O–H groups in total. The zero-order valence-corrected chi connectivity index (χ0v) is 10.7. The van der Waals surface area contributed by atoms with Gasteiger partial charge in [-0.25, -0.2) is 4.39 Å². The Morgan fingerprint density at radius 2 is 2.00 bits per heavy atom. The second kappa shape index (κ2) is 6.17. The van der Waals surface area contributed by atoms with Crippen LogP contribution >= 0.6 is 0 Å². The van der Waals surface area contributed by atoms with Crippen LogP contribution in [-0.4, -0.2) is 28.1 Å². The summed E-state index contributed by atoms with van der Waals surface area (Å²) in [7, 11) is 0. The standard InChI is InChI=1S/C13H16FNO4/c1-7(2)10(6-12(17)18)15-13(19)9-4-3-8(14)5-11(9)16/h3-5,7,10,16H,6H2,1-2H3,(H,15,19)(H,17,18). The van der Waals surface area contributed by atoms with E-state index in [9.17, 15) is 19.1 Å². The number of hydrogen-bond donors (Lipinski definition) is 3. The van der Waals surface area contributed by atoms with Gasteiger partial charge in [-0.2, -0.15) is 0 Å². The average molecular weight is 269 g/mol. The van der Waals surface area contributed by atoms with Crippen molar-refractivity contribution in [3.05, 3.63) is 29.6 Å². The van der Waals surface area contributed by atoms with Crippen LogP contribution in [0.4, 0.5) is 4.39 Å². The van der Waals surface area contributed by atoms with Crippen LogP contribution in [0.3, 0.4) is 0 Å². The Morgan fingerprint density at radius 3 is 2.47 bits per heavy atom. The van der Waals surface area contributed by atoms with Gasteiger partial charge in [0.05, 0.1) is 12.0 Å². The molecular formula is C13H16FNO4. The summed E-state index contributed by atoms with van der Waals surface area (Å²) in [5.41, 5.74) is -0.0857. The van der Waals surface area contributed by atoms with Crippen LogP contribution < -0.4 is 5.32 Å². The second-order valence-electron chi connectivity index (χ2n) is 4.58. The number of carboxylic acid groups (broad SMARTS) is 1. The largest absolute Gasteiger partial charge is 0.507 e. The highest BCUT2D eigenvalue weighted by Crippen LogP contribution is 2.18. The lowest BCUT2D eigenvalue weighted by Gasteiger charge is -2.20. The normalized spacial score (nSPS) is 12.2. The van der Waals surface area contributed by atoms with E-state index in [1.165, 1.54) is 0 Å². The number of nitrogens with one attached hydrogen (secondary N) is 1. The quantitative estimate of drug-likeness (QED) is 0.760. The van der Waals surface area contributed by atoms with Crippen LogP contribution in [-0.2, 0) is 4.79 Å². The van der Waals surface area contributed by atoms with E-state index in [4.69, 9.17) is 5.11 Å². The third-order valence-electron chi connectivity index (χ3n) is 2.72. The van der Waals surface area contributed by atoms with Crippen molar-refractivity contribution in [1.29, 1.82) is 0 Å². The highest BCUT2D eigenvalue weighted by molar-refractivity contribution is 5.97. The lowest BCUT2D eigenvalue weighted by molar-refractivity contribution is -0.137. The van der Waals surface area contributed by atoms with Gasteiger partial charge in [-0.1, -0.05) is 13.8 Å². The van der Waals surface area contributed by atoms with Gasteiger partial charge in [0.2, 0.25) is 0 Å². The van der Waals surface area contributed by atoms with Crippen molar-refractivity contribution in [2.45, 2.75) is 26.3 Å². The summed E-state index contributed by atoms with van der Waals surface area (Å²) in [4.78, 5) is 22.6. The minimum Gasteiger partial charge on any atom is -0.507 e. The summed E-state index contributed by atoms with van der Waals surface area (Å²) in [6.45, 7) is 3.55. The fraction of sp³-hybridized carbons (Fsp3) is 0.385. The minimum atomic E-state index is -1.03. The second-order valence-corrected chi connectivity index (χ2v) is 4.58. The van der Waals surface area contributed by atoms with Gasteiger partial charge in [-0.15, -0.1) is 0 Å². The van der Waals surface area contributed by atoms with Crippen molar-refractivity contribution in [2.24, 2.45) is 5.92 Å². The highest BCUT2D eigenvalue weighted by Gasteiger charge is 2.21. The van der Waals surface area contributed by atoms with Crippen molar-refractivity contribution >= 4 is 11.9 Å². The summed E-state index contributed by atoms with van der Waals surface area (Å²) >= 11 is 0. The maximum Gasteiger partial charge on any atom is 0.305 e. The van der Waals surface area contributed by atoms with Gasteiger partial charge < -0.3 is 15.5 Å². The van der Waals surface area contributed by atoms with Crippen molar-refractivity contribution in [3.63, 3.8) is 0 Å². The van der Waals surface area contributed by atoms with Crippen LogP contribution in [0.25, 0.3) is 0 Å². The van der Waals surface area contributed by atoms with E-state index >= 15 is 0 Å². The van der Waals surface area contributed by atoms with Gasteiger partial charge >= 0.3 is 5.97 Å². The number of carbonyl (C=O) groups is 2. The zero-order chi connectivity index (χ0) is 14.6. The molecule has 1 atom stereocenters. The molecule has 0 heterocycles. The smallest absolute Gasteiger partial charge is 0.305 e. The van der Waals surface area contributed by atoms with Crippen LogP contribution in [0.2, 0.25) is 0 Å². The molecule has 104 valence electrons. The van der Waals surface area contributed by atoms with Gasteiger partial charge in [0, 0.05) is 12.1 Å². The number of benzene rings is 1. The van der Waals surface area contributed by atoms with Crippen molar-refractivity contribution in [2.75, 3.05) is 0 Å². The predicted octanol–water partition coefficient (Wildman–Crippen LogP) is 1.76. The number of hydrogen-bond acceptors (Lipinski definition) is 3. The lowest BCUT2D eigenvalue weighted by atomic mass is 10.0. The highest BCUT2D eigenvalue weighted by atomic mass is 19.1. The summed E-state index contributed by atoms with van der Waals surface area (Å²) < 4.78 is 12.8. The average Bonchev–Trinajstić information content (AvgIpc) is 2.26. The van der Waals surface area contributed by atoms with Gasteiger partial charge in [0.1, 0.15) is 11.6 Å². The Kier molecular flexibility index (Phi) is 4.86. The molecule has 1 aromatic rings. The molecule has 0 aliphatic rings. The Hall–Kier alpha value is -2.11. The molecule has 0 fully saturated rings. The number of phenols is 1. The Balaban J connectivity index is 2.84. The van der Waals surface area contributed by atoms with Crippen LogP contribution in [0.15, 0.2) is 18.2 Å². The Bertz CT molecular complexity index is 488. The maximum absolute atomic E-state index is 12.8. The van der Waals surface area contributed by atoms with Crippen LogP contribution in [0.1, 0.15) is 30.6 Å². The van der Waals surface area contributed by atoms with Gasteiger partial charge in [0.15, 0.2) is 0 Å². The Morgan fingerprint density at radius 1 is 1.37 bits per heavy atom. The fourth-order valence-electron chi connectivity index (χ4n) is 1.58. The van der Waals surface area contributed by atoms with E-state index in [1.807, 2.05) is 0 Å². The first kappa shape index (κ1) is 14.9. The molecule has 1 unspecified atom stereocenters. The van der Waals surface area contributed by atoms with Crippen molar-refractivity contribution < 1.29 is 24.2 Å². The van der Waals surface area contributed by atoms with E-state index < -0.39 is 29.5 Å². The summed E-state index contributed by atoms with van der Waals surface area (Å²) in [5, 5.41) is 20.8. The van der Waals surface area contributed by atoms with E-state index in [2.05, 4.69) is 5.32 Å². The SMILES string of the molecule is CC(C)C(CC(=O)O)NC(=O)c1ccc(F)cc1O. The predicted molar refractivity (Wildman–Crippen MR) is 66.4 cm³/mol. The molecule has 0 aromatic heterocycles. The number of aromatic hydroxyl groups is 1. The first-order valence-electron chi connectivity index (χ1n) is 5.82. The van der Waals surface area contributed by atoms with E-state index in [0.717, 1.165) is 18.2 Å². The van der Waals surface area contributed by atoms with Gasteiger partial charge in [0.25, 0.3) is 5.91 Å². The first-order chi connectivity index (χ1) is 8.81. The molecule has 0 aliphatic heterocycles. The third kappa shape index (κ3) is 4.24. The lowest BCUT2D eigenvalue weighted by Crippen LogP contribution is -2.40. The molecule has 5 nitrogen and oxygen atoms in total. The fourth-order valence-corrected chi connectivity index (χ4v) is 1.58. The molecule has 0 saturated carbocycles. The van der Waals surface area contributed by atoms with E-state index in [1.54, 1.807) is 13.8 Å². The van der Waals surface area contributed by atoms with Crippen LogP contribution in [0.5, 0.6) is 5.75 Å². The first-order valence-corrected chi connectivity index (χ1v) is 5.82. The molecular weight excluding hydrogens is 253 g/mol. The van der Waals surface area contributed by atoms with E-state index in [0.29, 0.717) is 0 Å². The maximum atomic E-state index is 12.8.